The Balaban J connectivity index is 0.000000186. The quantitative estimate of drug-likeness (QED) is 0.0633. The number of halogens is 6. The smallest absolute Gasteiger partial charge is 0.404 e. The van der Waals surface area contributed by atoms with Crippen LogP contribution in [0.1, 0.15) is 60.4 Å². The van der Waals surface area contributed by atoms with Crippen LogP contribution >= 0.6 is 23.5 Å². The van der Waals surface area contributed by atoms with Crippen molar-refractivity contribution in [3.05, 3.63) is 95.6 Å². The molecule has 0 aromatic carbocycles. The molecular formula is C50H54F6N12O6S2. The average Bonchev–Trinajstić information content (AvgIpc) is 3.42. The van der Waals surface area contributed by atoms with Crippen LogP contribution in [-0.4, -0.2) is 150 Å². The van der Waals surface area contributed by atoms with E-state index in [1.165, 1.54) is 59.9 Å². The Bertz CT molecular complexity index is 2860. The van der Waals surface area contributed by atoms with Crippen molar-refractivity contribution in [1.29, 1.82) is 0 Å². The first-order valence-corrected chi connectivity index (χ1v) is 26.3. The third kappa shape index (κ3) is 13.2. The van der Waals surface area contributed by atoms with Gasteiger partial charge >= 0.3 is 12.4 Å². The lowest BCUT2D eigenvalue weighted by Crippen LogP contribution is -2.55. The number of aliphatic hydroxyl groups is 2. The Morgan fingerprint density at radius 3 is 1.45 bits per heavy atom. The summed E-state index contributed by atoms with van der Waals surface area (Å²) in [6.07, 6.45) is -7.67. The van der Waals surface area contributed by atoms with E-state index in [9.17, 15) is 46.1 Å². The summed E-state index contributed by atoms with van der Waals surface area (Å²) in [5.74, 6) is 2.04. The number of methoxy groups -OCH3 is 2. The van der Waals surface area contributed by atoms with E-state index in [2.05, 4.69) is 51.2 Å². The lowest BCUT2D eigenvalue weighted by molar-refractivity contribution is -0.197. The number of anilines is 2. The molecule has 6 atom stereocenters. The molecule has 4 aliphatic rings. The van der Waals surface area contributed by atoms with Gasteiger partial charge in [-0.05, 0) is 74.2 Å². The van der Waals surface area contributed by atoms with Gasteiger partial charge in [-0.15, -0.1) is 23.5 Å². The van der Waals surface area contributed by atoms with Crippen LogP contribution in [0.25, 0.3) is 22.1 Å². The SMILES string of the molecule is COc1ccc2nccc([C@@H](O)CN3CC[C@@H](NCc4ccc5c(n4)NC(=O)CS5)C[C@H]3C(F)(F)F)c2n1.COc1ccc2nccc([C@@H](O)CN3CC[C@H](NCc4ccc5c(n4)NC(=O)CS5)C[C@H]3C(F)(F)F)c2n1. The Labute approximate surface area is 440 Å². The van der Waals surface area contributed by atoms with E-state index in [0.29, 0.717) is 92.3 Å². The fourth-order valence-electron chi connectivity index (χ4n) is 9.68. The number of β-amino-alcohol motifs (C(OH)–C–C–N with tert-alkyl or cyclic N) is 2. The molecule has 6 aromatic rings. The van der Waals surface area contributed by atoms with Crippen molar-refractivity contribution in [2.24, 2.45) is 0 Å². The molecule has 2 fully saturated rings. The number of carbonyl (C=O) groups is 2. The molecule has 0 aliphatic carbocycles. The third-order valence-corrected chi connectivity index (χ3v) is 15.6. The summed E-state index contributed by atoms with van der Waals surface area (Å²) in [6.45, 7) is 0.480. The summed E-state index contributed by atoms with van der Waals surface area (Å²) in [4.78, 5) is 53.6. The van der Waals surface area contributed by atoms with Gasteiger partial charge in [0.1, 0.15) is 23.7 Å². The minimum atomic E-state index is -4.46. The molecule has 2 saturated heterocycles. The van der Waals surface area contributed by atoms with Gasteiger partial charge in [-0.1, -0.05) is 0 Å². The number of hydrogen-bond donors (Lipinski definition) is 6. The van der Waals surface area contributed by atoms with Crippen LogP contribution < -0.4 is 30.7 Å². The van der Waals surface area contributed by atoms with Gasteiger partial charge in [0.15, 0.2) is 0 Å². The second-order valence-corrected chi connectivity index (χ2v) is 20.6. The highest BCUT2D eigenvalue weighted by molar-refractivity contribution is 8.00. The molecule has 0 bridgehead atoms. The van der Waals surface area contributed by atoms with Crippen molar-refractivity contribution in [2.45, 2.75) is 97.3 Å². The van der Waals surface area contributed by atoms with E-state index in [1.54, 1.807) is 36.4 Å². The number of piperidine rings is 2. The van der Waals surface area contributed by atoms with Gasteiger partial charge in [0.2, 0.25) is 23.6 Å². The Kier molecular flexibility index (Phi) is 17.1. The normalized spacial score (nSPS) is 21.1. The van der Waals surface area contributed by atoms with E-state index in [0.717, 1.165) is 9.79 Å². The molecule has 404 valence electrons. The minimum absolute atomic E-state index is 0.127. The largest absolute Gasteiger partial charge is 0.481 e. The monoisotopic (exact) mass is 1100 g/mol. The number of thioether (sulfide) groups is 2. The van der Waals surface area contributed by atoms with Gasteiger partial charge in [0, 0.05) is 87.0 Å². The predicted molar refractivity (Wildman–Crippen MR) is 272 cm³/mol. The van der Waals surface area contributed by atoms with E-state index in [4.69, 9.17) is 9.47 Å². The number of aromatic nitrogens is 6. The molecule has 10 heterocycles. The summed E-state index contributed by atoms with van der Waals surface area (Å²) in [6, 6.07) is 12.9. The molecule has 26 heteroatoms. The maximum absolute atomic E-state index is 14.1. The Hall–Kier alpha value is -6.00. The second kappa shape index (κ2) is 23.7. The van der Waals surface area contributed by atoms with Crippen LogP contribution in [0, 0.1) is 0 Å². The molecule has 0 spiro atoms. The number of aliphatic hydroxyl groups excluding tert-OH is 2. The minimum Gasteiger partial charge on any atom is -0.481 e. The zero-order chi connectivity index (χ0) is 53.7. The number of rotatable bonds is 14. The van der Waals surface area contributed by atoms with Gasteiger partial charge in [-0.25, -0.2) is 19.9 Å². The van der Waals surface area contributed by atoms with Gasteiger partial charge in [-0.3, -0.25) is 29.4 Å². The van der Waals surface area contributed by atoms with Crippen molar-refractivity contribution in [2.75, 3.05) is 62.5 Å². The standard InChI is InChI=1S/2C25H27F3N6O3S/c2*1-37-22-5-3-17-23(33-22)16(6-8-29-17)18(35)12-34-9-7-14(10-20(34)25(26,27)28)30-11-15-2-4-19-24(31-15)32-21(36)13-38-19/h2*2-6,8,14,18,20,30,35H,7,9-13H2,1H3,(H,31,32,36)/t14-,18+,20+;14-,18-,20-/m10/s1. The molecule has 0 saturated carbocycles. The first kappa shape index (κ1) is 54.8. The summed E-state index contributed by atoms with van der Waals surface area (Å²) in [7, 11) is 2.93. The van der Waals surface area contributed by atoms with Gasteiger partial charge in [0.25, 0.3) is 0 Å². The van der Waals surface area contributed by atoms with Crippen LogP contribution in [0.4, 0.5) is 38.0 Å². The van der Waals surface area contributed by atoms with E-state index in [-0.39, 0.29) is 76.0 Å². The van der Waals surface area contributed by atoms with Gasteiger partial charge in [-0.2, -0.15) is 26.3 Å². The highest BCUT2D eigenvalue weighted by Crippen LogP contribution is 2.37. The molecule has 6 aromatic heterocycles. The summed E-state index contributed by atoms with van der Waals surface area (Å²) in [5.41, 5.74) is 3.91. The fraction of sp³-hybridized carbons (Fsp3) is 0.440. The molecule has 18 nitrogen and oxygen atoms in total. The molecule has 4 aliphatic heterocycles. The maximum Gasteiger partial charge on any atom is 0.404 e. The van der Waals surface area contributed by atoms with Crippen LogP contribution in [0.2, 0.25) is 0 Å². The fourth-order valence-corrected chi connectivity index (χ4v) is 11.2. The van der Waals surface area contributed by atoms with Crippen LogP contribution in [0.3, 0.4) is 0 Å². The first-order chi connectivity index (χ1) is 36.4. The number of likely N-dealkylation sites (tertiary alicyclic amines) is 2. The van der Waals surface area contributed by atoms with Crippen LogP contribution in [-0.2, 0) is 22.7 Å². The van der Waals surface area contributed by atoms with Crippen molar-refractivity contribution in [3.8, 4) is 11.8 Å². The number of nitrogens with one attached hydrogen (secondary N) is 4. The third-order valence-electron chi connectivity index (χ3n) is 13.5. The predicted octanol–water partition coefficient (Wildman–Crippen LogP) is 6.59. The number of ether oxygens (including phenoxy) is 2. The summed E-state index contributed by atoms with van der Waals surface area (Å²) < 4.78 is 95.0. The zero-order valence-corrected chi connectivity index (χ0v) is 42.7. The van der Waals surface area contributed by atoms with Crippen LogP contribution in [0.15, 0.2) is 82.8 Å². The number of fused-ring (bicyclic) bond motifs is 4. The van der Waals surface area contributed by atoms with Crippen molar-refractivity contribution < 1.29 is 55.6 Å². The Morgan fingerprint density at radius 2 is 1.05 bits per heavy atom. The van der Waals surface area contributed by atoms with Gasteiger partial charge in [0.05, 0.1) is 81.2 Å². The van der Waals surface area contributed by atoms with E-state index in [1.807, 2.05) is 24.3 Å². The molecule has 2 amide bonds. The molecule has 0 unspecified atom stereocenters. The molecule has 6 N–H and O–H groups in total. The molecule has 0 radical (unpaired) electrons. The number of nitrogens with zero attached hydrogens (tertiary/aromatic N) is 8. The first-order valence-electron chi connectivity index (χ1n) is 24.3. The van der Waals surface area contributed by atoms with Crippen LogP contribution in [0.5, 0.6) is 11.8 Å². The maximum atomic E-state index is 14.1. The van der Waals surface area contributed by atoms with E-state index >= 15 is 0 Å². The average molecular weight is 1100 g/mol. The summed E-state index contributed by atoms with van der Waals surface area (Å²) in [5, 5.41) is 33.8. The van der Waals surface area contributed by atoms with Gasteiger partial charge < -0.3 is 41.0 Å². The van der Waals surface area contributed by atoms with Crippen molar-refractivity contribution >= 4 is 69.0 Å². The summed E-state index contributed by atoms with van der Waals surface area (Å²) >= 11 is 2.80. The number of hydrogen-bond acceptors (Lipinski definition) is 18. The zero-order valence-electron chi connectivity index (χ0n) is 41.1. The topological polar surface area (TPSA) is 225 Å². The molecule has 76 heavy (non-hydrogen) atoms. The lowest BCUT2D eigenvalue weighted by atomic mass is 9.95. The molecular weight excluding hydrogens is 1040 g/mol. The molecule has 10 rings (SSSR count). The van der Waals surface area contributed by atoms with E-state index < -0.39 is 36.6 Å². The van der Waals surface area contributed by atoms with Crippen molar-refractivity contribution in [1.82, 2.24) is 50.3 Å². The highest BCUT2D eigenvalue weighted by atomic mass is 32.2. The second-order valence-electron chi connectivity index (χ2n) is 18.6. The number of pyridine rings is 6. The lowest BCUT2D eigenvalue weighted by Gasteiger charge is -2.41. The number of alkyl halides is 6. The Morgan fingerprint density at radius 1 is 0.632 bits per heavy atom. The highest BCUT2D eigenvalue weighted by Gasteiger charge is 2.48. The van der Waals surface area contributed by atoms with Crippen molar-refractivity contribution in [3.63, 3.8) is 0 Å². The number of carbonyl (C=O) groups excluding carboxylic acids is 2. The number of amides is 2.